The highest BCUT2D eigenvalue weighted by atomic mass is 32.2. The summed E-state index contributed by atoms with van der Waals surface area (Å²) in [5.74, 6) is -0.231. The van der Waals surface area contributed by atoms with Crippen LogP contribution in [0.15, 0.2) is 28.5 Å². The summed E-state index contributed by atoms with van der Waals surface area (Å²) in [6.07, 6.45) is 0. The molecule has 6 nitrogen and oxygen atoms in total. The number of rotatable bonds is 4. The van der Waals surface area contributed by atoms with E-state index in [2.05, 4.69) is 9.71 Å². The zero-order valence-electron chi connectivity index (χ0n) is 11.2. The van der Waals surface area contributed by atoms with E-state index in [4.69, 9.17) is 5.26 Å². The van der Waals surface area contributed by atoms with Crippen molar-refractivity contribution >= 4 is 32.3 Å². The van der Waals surface area contributed by atoms with E-state index in [-0.39, 0.29) is 21.5 Å². The molecule has 2 rings (SSSR count). The molecular formula is C13H11N3O3S2. The first-order valence-corrected chi connectivity index (χ1v) is 8.20. The Kier molecular flexibility index (Phi) is 4.06. The van der Waals surface area contributed by atoms with E-state index >= 15 is 0 Å². The monoisotopic (exact) mass is 321 g/mol. The zero-order valence-corrected chi connectivity index (χ0v) is 12.9. The topological polar surface area (TPSA) is 99.9 Å². The van der Waals surface area contributed by atoms with Crippen molar-refractivity contribution in [3.63, 3.8) is 0 Å². The second kappa shape index (κ2) is 5.63. The molecule has 0 bridgehead atoms. The molecule has 8 heteroatoms. The van der Waals surface area contributed by atoms with Crippen LogP contribution in [0.3, 0.4) is 0 Å². The second-order valence-electron chi connectivity index (χ2n) is 4.29. The Bertz CT molecular complexity index is 848. The maximum atomic E-state index is 12.2. The van der Waals surface area contributed by atoms with Gasteiger partial charge in [-0.2, -0.15) is 5.26 Å². The van der Waals surface area contributed by atoms with Crippen molar-refractivity contribution in [3.05, 3.63) is 40.4 Å². The summed E-state index contributed by atoms with van der Waals surface area (Å²) in [6, 6.07) is 6.20. The van der Waals surface area contributed by atoms with E-state index in [9.17, 15) is 13.2 Å². The third kappa shape index (κ3) is 3.26. The third-order valence-corrected chi connectivity index (χ3v) is 4.94. The van der Waals surface area contributed by atoms with Gasteiger partial charge in [-0.25, -0.2) is 13.4 Å². The van der Waals surface area contributed by atoms with Crippen LogP contribution in [0.4, 0.5) is 5.13 Å². The molecule has 0 aliphatic carbocycles. The molecule has 0 saturated heterocycles. The number of aryl methyl sites for hydroxylation is 1. The van der Waals surface area contributed by atoms with Gasteiger partial charge in [0, 0.05) is 12.3 Å². The zero-order chi connectivity index (χ0) is 15.6. The molecule has 1 heterocycles. The van der Waals surface area contributed by atoms with Crippen molar-refractivity contribution in [1.29, 1.82) is 5.26 Å². The number of sulfonamides is 1. The number of carbonyl (C=O) groups excluding carboxylic acids is 1. The molecular weight excluding hydrogens is 310 g/mol. The summed E-state index contributed by atoms with van der Waals surface area (Å²) in [4.78, 5) is 15.1. The van der Waals surface area contributed by atoms with Gasteiger partial charge in [0.05, 0.1) is 16.5 Å². The van der Waals surface area contributed by atoms with Gasteiger partial charge >= 0.3 is 0 Å². The van der Waals surface area contributed by atoms with E-state index in [0.717, 1.165) is 11.3 Å². The van der Waals surface area contributed by atoms with E-state index in [1.54, 1.807) is 6.92 Å². The van der Waals surface area contributed by atoms with Crippen LogP contribution in [-0.2, 0) is 10.0 Å². The minimum Gasteiger partial charge on any atom is -0.293 e. The first kappa shape index (κ1) is 15.2. The molecule has 21 heavy (non-hydrogen) atoms. The van der Waals surface area contributed by atoms with E-state index < -0.39 is 10.0 Å². The molecule has 0 unspecified atom stereocenters. The number of aromatic nitrogens is 1. The van der Waals surface area contributed by atoms with E-state index in [0.29, 0.717) is 11.1 Å². The van der Waals surface area contributed by atoms with Gasteiger partial charge in [-0.15, -0.1) is 11.3 Å². The van der Waals surface area contributed by atoms with Crippen molar-refractivity contribution in [2.45, 2.75) is 18.7 Å². The van der Waals surface area contributed by atoms with Crippen molar-refractivity contribution in [2.24, 2.45) is 0 Å². The van der Waals surface area contributed by atoms with Crippen molar-refractivity contribution in [2.75, 3.05) is 4.72 Å². The predicted molar refractivity (Wildman–Crippen MR) is 78.8 cm³/mol. The summed E-state index contributed by atoms with van der Waals surface area (Å²) in [5.41, 5.74) is 1.21. The van der Waals surface area contributed by atoms with Gasteiger partial charge in [0.15, 0.2) is 10.9 Å². The molecule has 0 aliphatic rings. The van der Waals surface area contributed by atoms with E-state index in [1.807, 2.05) is 6.07 Å². The normalized spacial score (nSPS) is 10.9. The lowest BCUT2D eigenvalue weighted by atomic mass is 10.1. The summed E-state index contributed by atoms with van der Waals surface area (Å²) < 4.78 is 26.8. The van der Waals surface area contributed by atoms with Gasteiger partial charge < -0.3 is 0 Å². The quantitative estimate of drug-likeness (QED) is 0.871. The lowest BCUT2D eigenvalue weighted by Gasteiger charge is -2.06. The maximum Gasteiger partial charge on any atom is 0.263 e. The first-order valence-electron chi connectivity index (χ1n) is 5.83. The van der Waals surface area contributed by atoms with Crippen LogP contribution in [0.2, 0.25) is 0 Å². The number of benzene rings is 1. The van der Waals surface area contributed by atoms with Crippen molar-refractivity contribution in [1.82, 2.24) is 4.98 Å². The fraction of sp³-hybridized carbons (Fsp3) is 0.154. The first-order chi connectivity index (χ1) is 9.83. The lowest BCUT2D eigenvalue weighted by molar-refractivity contribution is 0.101. The Morgan fingerprint density at radius 2 is 2.14 bits per heavy atom. The SMILES string of the molecule is CC(=O)c1csc(NS(=O)(=O)c2ccc(C#N)c(C)c2)n1. The highest BCUT2D eigenvalue weighted by molar-refractivity contribution is 7.93. The van der Waals surface area contributed by atoms with Crippen LogP contribution in [-0.4, -0.2) is 19.2 Å². The van der Waals surface area contributed by atoms with Gasteiger partial charge in [-0.1, -0.05) is 0 Å². The van der Waals surface area contributed by atoms with Gasteiger partial charge in [0.1, 0.15) is 5.69 Å². The van der Waals surface area contributed by atoms with Gasteiger partial charge in [0.25, 0.3) is 10.0 Å². The molecule has 0 amide bonds. The van der Waals surface area contributed by atoms with Crippen LogP contribution >= 0.6 is 11.3 Å². The Labute approximate surface area is 126 Å². The molecule has 1 aromatic carbocycles. The van der Waals surface area contributed by atoms with Crippen molar-refractivity contribution < 1.29 is 13.2 Å². The summed E-state index contributed by atoms with van der Waals surface area (Å²) in [6.45, 7) is 3.02. The predicted octanol–water partition coefficient (Wildman–Crippen LogP) is 2.33. The van der Waals surface area contributed by atoms with Crippen LogP contribution in [0, 0.1) is 18.3 Å². The molecule has 0 spiro atoms. The average molecular weight is 321 g/mol. The van der Waals surface area contributed by atoms with Crippen molar-refractivity contribution in [3.8, 4) is 6.07 Å². The van der Waals surface area contributed by atoms with Gasteiger partial charge in [0.2, 0.25) is 0 Å². The summed E-state index contributed by atoms with van der Waals surface area (Å²) in [5, 5.41) is 10.5. The molecule has 0 fully saturated rings. The van der Waals surface area contributed by atoms with Gasteiger partial charge in [-0.3, -0.25) is 9.52 Å². The minimum absolute atomic E-state index is 0.0403. The standard InChI is InChI=1S/C13H11N3O3S2/c1-8-5-11(4-3-10(8)6-14)21(18,19)16-13-15-12(7-20-13)9(2)17/h3-5,7H,1-2H3,(H,15,16). The number of nitrogens with zero attached hydrogens (tertiary/aromatic N) is 2. The number of thiazole rings is 1. The number of hydrogen-bond acceptors (Lipinski definition) is 6. The Morgan fingerprint density at radius 1 is 1.43 bits per heavy atom. The number of ketones is 1. The second-order valence-corrected chi connectivity index (χ2v) is 6.83. The molecule has 0 aliphatic heterocycles. The van der Waals surface area contributed by atoms with Crippen LogP contribution in [0.1, 0.15) is 28.5 Å². The fourth-order valence-electron chi connectivity index (χ4n) is 1.58. The molecule has 0 radical (unpaired) electrons. The highest BCUT2D eigenvalue weighted by Gasteiger charge is 2.17. The van der Waals surface area contributed by atoms with Gasteiger partial charge in [-0.05, 0) is 30.7 Å². The largest absolute Gasteiger partial charge is 0.293 e. The van der Waals surface area contributed by atoms with Crippen LogP contribution in [0.5, 0.6) is 0 Å². The van der Waals surface area contributed by atoms with Crippen LogP contribution < -0.4 is 4.72 Å². The number of nitriles is 1. The summed E-state index contributed by atoms with van der Waals surface area (Å²) >= 11 is 1.04. The number of carbonyl (C=O) groups is 1. The Morgan fingerprint density at radius 3 is 2.67 bits per heavy atom. The Balaban J connectivity index is 2.31. The molecule has 0 atom stereocenters. The molecule has 108 valence electrons. The number of anilines is 1. The molecule has 0 saturated carbocycles. The Hall–Kier alpha value is -2.24. The smallest absolute Gasteiger partial charge is 0.263 e. The highest BCUT2D eigenvalue weighted by Crippen LogP contribution is 2.21. The lowest BCUT2D eigenvalue weighted by Crippen LogP contribution is -2.13. The number of Topliss-reactive ketones (excluding diaryl/α,β-unsaturated/α-hetero) is 1. The van der Waals surface area contributed by atoms with Crippen LogP contribution in [0.25, 0.3) is 0 Å². The fourth-order valence-corrected chi connectivity index (χ4v) is 3.67. The minimum atomic E-state index is -3.80. The molecule has 1 N–H and O–H groups in total. The number of hydrogen-bond donors (Lipinski definition) is 1. The molecule has 1 aromatic heterocycles. The number of nitrogens with one attached hydrogen (secondary N) is 1. The molecule has 2 aromatic rings. The summed E-state index contributed by atoms with van der Waals surface area (Å²) in [7, 11) is -3.80. The maximum absolute atomic E-state index is 12.2. The average Bonchev–Trinajstić information content (AvgIpc) is 2.86. The van der Waals surface area contributed by atoms with E-state index in [1.165, 1.54) is 30.5 Å². The third-order valence-electron chi connectivity index (χ3n) is 2.72.